The van der Waals surface area contributed by atoms with Gasteiger partial charge in [-0.2, -0.15) is 0 Å². The van der Waals surface area contributed by atoms with Crippen molar-refractivity contribution in [2.75, 3.05) is 26.1 Å². The number of tetrazole rings is 1. The smallest absolute Gasteiger partial charge is 0.493 e. The molecule has 0 aliphatic rings. The van der Waals surface area contributed by atoms with Crippen LogP contribution in [0.15, 0.2) is 36.7 Å². The molecule has 0 saturated heterocycles. The van der Waals surface area contributed by atoms with Gasteiger partial charge >= 0.3 is 6.16 Å². The minimum absolute atomic E-state index is 0.0105. The number of anilines is 1. The van der Waals surface area contributed by atoms with Crippen molar-refractivity contribution < 1.29 is 28.5 Å². The molecule has 11 nitrogen and oxygen atoms in total. The van der Waals surface area contributed by atoms with Crippen LogP contribution in [0.1, 0.15) is 22.8 Å². The normalized spacial score (nSPS) is 10.3. The maximum Gasteiger partial charge on any atom is 0.514 e. The highest BCUT2D eigenvalue weighted by Crippen LogP contribution is 2.39. The van der Waals surface area contributed by atoms with Gasteiger partial charge in [0, 0.05) is 11.3 Å². The first-order valence-electron chi connectivity index (χ1n) is 9.22. The van der Waals surface area contributed by atoms with Crippen molar-refractivity contribution in [2.45, 2.75) is 13.8 Å². The Morgan fingerprint density at radius 1 is 1.10 bits per heavy atom. The van der Waals surface area contributed by atoms with Crippen molar-refractivity contribution in [3.8, 4) is 22.9 Å². The number of amides is 1. The molecule has 0 unspecified atom stereocenters. The number of rotatable bonds is 7. The van der Waals surface area contributed by atoms with Crippen molar-refractivity contribution in [3.63, 3.8) is 0 Å². The molecular weight excluding hydrogens is 406 g/mol. The second-order valence-electron chi connectivity index (χ2n) is 6.20. The minimum atomic E-state index is -0.911. The van der Waals surface area contributed by atoms with Gasteiger partial charge in [-0.15, -0.1) is 5.10 Å². The molecule has 0 aliphatic heterocycles. The molecule has 1 amide bonds. The number of aromatic nitrogens is 4. The predicted molar refractivity (Wildman–Crippen MR) is 109 cm³/mol. The van der Waals surface area contributed by atoms with Gasteiger partial charge in [0.25, 0.3) is 5.91 Å². The highest BCUT2D eigenvalue weighted by molar-refractivity contribution is 6.05. The number of hydrogen-bond donors (Lipinski definition) is 1. The number of carbonyl (C=O) groups excluding carboxylic acids is 2. The summed E-state index contributed by atoms with van der Waals surface area (Å²) in [6.45, 7) is 3.70. The second-order valence-corrected chi connectivity index (χ2v) is 6.20. The molecule has 1 N–H and O–H groups in total. The van der Waals surface area contributed by atoms with Crippen LogP contribution in [0.5, 0.6) is 17.2 Å². The van der Waals surface area contributed by atoms with E-state index in [-0.39, 0.29) is 29.4 Å². The standard InChI is InChI=1S/C20H21N5O6/c1-5-30-20(27)31-18-16(28-3)8-13(9-17(18)29-4)19(26)22-14-7-6-12(2)15(10-14)25-11-21-23-24-25/h6-11H,5H2,1-4H3,(H,22,26). The van der Waals surface area contributed by atoms with Gasteiger partial charge in [-0.1, -0.05) is 6.07 Å². The fourth-order valence-electron chi connectivity index (χ4n) is 2.75. The third-order valence-corrected chi connectivity index (χ3v) is 4.23. The molecule has 162 valence electrons. The largest absolute Gasteiger partial charge is 0.514 e. The Hall–Kier alpha value is -4.15. The monoisotopic (exact) mass is 427 g/mol. The molecule has 0 fully saturated rings. The lowest BCUT2D eigenvalue weighted by atomic mass is 10.1. The summed E-state index contributed by atoms with van der Waals surface area (Å²) in [5, 5.41) is 13.9. The zero-order chi connectivity index (χ0) is 22.4. The van der Waals surface area contributed by atoms with Crippen LogP contribution >= 0.6 is 0 Å². The van der Waals surface area contributed by atoms with Gasteiger partial charge < -0.3 is 24.3 Å². The fraction of sp³-hybridized carbons (Fsp3) is 0.250. The number of aryl methyl sites for hydroxylation is 1. The number of hydrogen-bond acceptors (Lipinski definition) is 9. The van der Waals surface area contributed by atoms with Crippen LogP contribution in [-0.4, -0.2) is 53.1 Å². The molecule has 1 aromatic heterocycles. The molecule has 2 aromatic carbocycles. The summed E-state index contributed by atoms with van der Waals surface area (Å²) in [6, 6.07) is 8.21. The molecule has 0 saturated carbocycles. The highest BCUT2D eigenvalue weighted by Gasteiger charge is 2.21. The molecule has 3 aromatic rings. The van der Waals surface area contributed by atoms with Gasteiger partial charge in [0.15, 0.2) is 11.5 Å². The number of carbonyl (C=O) groups is 2. The minimum Gasteiger partial charge on any atom is -0.493 e. The quantitative estimate of drug-likeness (QED) is 0.447. The zero-order valence-corrected chi connectivity index (χ0v) is 17.4. The SMILES string of the molecule is CCOC(=O)Oc1c(OC)cc(C(=O)Nc2ccc(C)c(-n3cnnn3)c2)cc1OC. The second kappa shape index (κ2) is 9.57. The number of benzene rings is 2. The topological polar surface area (TPSA) is 127 Å². The molecule has 3 rings (SSSR count). The summed E-state index contributed by atoms with van der Waals surface area (Å²) in [6.07, 6.45) is 0.553. The first kappa shape index (κ1) is 21.6. The fourth-order valence-corrected chi connectivity index (χ4v) is 2.75. The number of methoxy groups -OCH3 is 2. The van der Waals surface area contributed by atoms with E-state index in [0.717, 1.165) is 11.3 Å². The number of nitrogens with one attached hydrogen (secondary N) is 1. The van der Waals surface area contributed by atoms with E-state index >= 15 is 0 Å². The summed E-state index contributed by atoms with van der Waals surface area (Å²) < 4.78 is 22.0. The van der Waals surface area contributed by atoms with E-state index in [2.05, 4.69) is 20.8 Å². The molecule has 31 heavy (non-hydrogen) atoms. The third-order valence-electron chi connectivity index (χ3n) is 4.23. The van der Waals surface area contributed by atoms with Gasteiger partial charge in [0.1, 0.15) is 6.33 Å². The first-order chi connectivity index (χ1) is 15.0. The average Bonchev–Trinajstić information content (AvgIpc) is 3.29. The van der Waals surface area contributed by atoms with Crippen molar-refractivity contribution in [1.29, 1.82) is 0 Å². The van der Waals surface area contributed by atoms with Crippen LogP contribution in [0.4, 0.5) is 10.5 Å². The Morgan fingerprint density at radius 2 is 1.81 bits per heavy atom. The lowest BCUT2D eigenvalue weighted by Crippen LogP contribution is -2.15. The first-order valence-corrected chi connectivity index (χ1v) is 9.22. The number of ether oxygens (including phenoxy) is 4. The van der Waals surface area contributed by atoms with E-state index in [4.69, 9.17) is 18.9 Å². The van der Waals surface area contributed by atoms with E-state index in [1.165, 1.54) is 37.4 Å². The Kier molecular flexibility index (Phi) is 6.65. The summed E-state index contributed by atoms with van der Waals surface area (Å²) in [7, 11) is 2.76. The van der Waals surface area contributed by atoms with Crippen LogP contribution in [0.25, 0.3) is 5.69 Å². The Bertz CT molecular complexity index is 1060. The Balaban J connectivity index is 1.88. The van der Waals surface area contributed by atoms with Gasteiger partial charge in [0.05, 0.1) is 26.5 Å². The van der Waals surface area contributed by atoms with E-state index in [9.17, 15) is 9.59 Å². The molecule has 0 spiro atoms. The molecule has 1 heterocycles. The molecule has 0 bridgehead atoms. The lowest BCUT2D eigenvalue weighted by Gasteiger charge is -2.15. The maximum absolute atomic E-state index is 12.9. The zero-order valence-electron chi connectivity index (χ0n) is 17.4. The van der Waals surface area contributed by atoms with Crippen LogP contribution < -0.4 is 19.5 Å². The van der Waals surface area contributed by atoms with E-state index in [1.807, 2.05) is 13.0 Å². The Morgan fingerprint density at radius 3 is 2.39 bits per heavy atom. The predicted octanol–water partition coefficient (Wildman–Crippen LogP) is 2.78. The van der Waals surface area contributed by atoms with Crippen molar-refractivity contribution in [1.82, 2.24) is 20.2 Å². The lowest BCUT2D eigenvalue weighted by molar-refractivity contribution is 0.102. The van der Waals surface area contributed by atoms with Gasteiger partial charge in [0.2, 0.25) is 5.75 Å². The molecule has 11 heteroatoms. The maximum atomic E-state index is 12.9. The summed E-state index contributed by atoms with van der Waals surface area (Å²) in [4.78, 5) is 24.6. The average molecular weight is 427 g/mol. The van der Waals surface area contributed by atoms with Gasteiger partial charge in [-0.3, -0.25) is 4.79 Å². The van der Waals surface area contributed by atoms with Crippen molar-refractivity contribution in [2.24, 2.45) is 0 Å². The third kappa shape index (κ3) is 4.89. The number of nitrogens with zero attached hydrogens (tertiary/aromatic N) is 4. The van der Waals surface area contributed by atoms with E-state index in [1.54, 1.807) is 19.1 Å². The van der Waals surface area contributed by atoms with E-state index in [0.29, 0.717) is 5.69 Å². The van der Waals surface area contributed by atoms with Crippen LogP contribution in [0, 0.1) is 6.92 Å². The molecule has 0 atom stereocenters. The van der Waals surface area contributed by atoms with Gasteiger partial charge in [-0.25, -0.2) is 9.48 Å². The van der Waals surface area contributed by atoms with E-state index < -0.39 is 12.1 Å². The Labute approximate surface area is 177 Å². The molecule has 0 radical (unpaired) electrons. The van der Waals surface area contributed by atoms with Crippen molar-refractivity contribution in [3.05, 3.63) is 47.8 Å². The van der Waals surface area contributed by atoms with Crippen molar-refractivity contribution >= 4 is 17.7 Å². The van der Waals surface area contributed by atoms with Gasteiger partial charge in [-0.05, 0) is 54.1 Å². The molecule has 0 aliphatic carbocycles. The van der Waals surface area contributed by atoms with Crippen LogP contribution in [0.2, 0.25) is 0 Å². The van der Waals surface area contributed by atoms with Crippen LogP contribution in [0.3, 0.4) is 0 Å². The summed E-state index contributed by atoms with van der Waals surface area (Å²) in [5.41, 5.74) is 2.41. The molecular formula is C20H21N5O6. The summed E-state index contributed by atoms with van der Waals surface area (Å²) >= 11 is 0. The summed E-state index contributed by atoms with van der Waals surface area (Å²) in [5.74, 6) is -0.145. The van der Waals surface area contributed by atoms with Crippen LogP contribution in [-0.2, 0) is 4.74 Å². The highest BCUT2D eigenvalue weighted by atomic mass is 16.7.